The number of amides is 2. The average Bonchev–Trinajstić information content (AvgIpc) is 3.12. The van der Waals surface area contributed by atoms with Crippen LogP contribution in [0.5, 0.6) is 0 Å². The van der Waals surface area contributed by atoms with Crippen LogP contribution in [0.2, 0.25) is 0 Å². The molecule has 0 spiro atoms. The molecule has 3 heterocycles. The maximum absolute atomic E-state index is 12.4. The third kappa shape index (κ3) is 2.61. The molecule has 5 rings (SSSR count). The molecule has 6 heteroatoms. The number of cyclic esters (lactones) is 1. The summed E-state index contributed by atoms with van der Waals surface area (Å²) in [6.07, 6.45) is 3.65. The molecule has 0 unspecified atom stereocenters. The van der Waals surface area contributed by atoms with Crippen LogP contribution in [0.4, 0.5) is 16.2 Å². The molecular weight excluding hydrogens is 342 g/mol. The van der Waals surface area contributed by atoms with E-state index in [1.54, 1.807) is 11.1 Å². The van der Waals surface area contributed by atoms with E-state index in [0.717, 1.165) is 33.3 Å². The maximum Gasteiger partial charge on any atom is 0.414 e. The van der Waals surface area contributed by atoms with Gasteiger partial charge in [0, 0.05) is 41.5 Å². The van der Waals surface area contributed by atoms with E-state index in [0.29, 0.717) is 19.6 Å². The maximum atomic E-state index is 12.4. The highest BCUT2D eigenvalue weighted by atomic mass is 16.6. The molecule has 2 aliphatic rings. The van der Waals surface area contributed by atoms with Gasteiger partial charge >= 0.3 is 6.09 Å². The number of fused-ring (bicyclic) bond motifs is 2. The largest absolute Gasteiger partial charge is 0.447 e. The van der Waals surface area contributed by atoms with Gasteiger partial charge < -0.3 is 10.1 Å². The molecule has 2 aliphatic heterocycles. The number of hydrogen-bond donors (Lipinski definition) is 1. The first-order valence-corrected chi connectivity index (χ1v) is 8.91. The zero-order valence-corrected chi connectivity index (χ0v) is 14.5. The fourth-order valence-electron chi connectivity index (χ4n) is 3.98. The summed E-state index contributed by atoms with van der Waals surface area (Å²) in [5, 5.41) is 5.11. The number of hydrogen-bond acceptors (Lipinski definition) is 4. The molecule has 1 N–H and O–H groups in total. The Kier molecular flexibility index (Phi) is 3.57. The number of pyridine rings is 1. The quantitative estimate of drug-likeness (QED) is 0.758. The molecule has 27 heavy (non-hydrogen) atoms. The number of nitrogens with zero attached hydrogens (tertiary/aromatic N) is 2. The summed E-state index contributed by atoms with van der Waals surface area (Å²) in [5.74, 6) is -0.0702. The van der Waals surface area contributed by atoms with E-state index in [1.807, 2.05) is 42.6 Å². The van der Waals surface area contributed by atoms with Crippen molar-refractivity contribution in [2.75, 3.05) is 23.4 Å². The molecule has 2 aromatic carbocycles. The van der Waals surface area contributed by atoms with Gasteiger partial charge in [0.25, 0.3) is 0 Å². The van der Waals surface area contributed by atoms with Gasteiger partial charge in [0.2, 0.25) is 5.91 Å². The molecule has 0 bridgehead atoms. The number of carbonyl (C=O) groups is 2. The van der Waals surface area contributed by atoms with E-state index in [1.165, 1.54) is 0 Å². The Balaban J connectivity index is 1.62. The van der Waals surface area contributed by atoms with Crippen molar-refractivity contribution in [3.05, 3.63) is 66.0 Å². The van der Waals surface area contributed by atoms with Crippen LogP contribution in [-0.4, -0.2) is 30.1 Å². The van der Waals surface area contributed by atoms with Gasteiger partial charge in [-0.2, -0.15) is 0 Å². The first kappa shape index (κ1) is 15.8. The van der Waals surface area contributed by atoms with Crippen LogP contribution in [0.1, 0.15) is 23.5 Å². The molecule has 6 nitrogen and oxygen atoms in total. The molecule has 1 saturated heterocycles. The zero-order valence-electron chi connectivity index (χ0n) is 14.5. The lowest BCUT2D eigenvalue weighted by molar-refractivity contribution is -0.116. The fraction of sp³-hybridized carbons (Fsp3) is 0.190. The molecule has 1 fully saturated rings. The first-order chi connectivity index (χ1) is 13.2. The third-order valence-electron chi connectivity index (χ3n) is 5.24. The summed E-state index contributed by atoms with van der Waals surface area (Å²) >= 11 is 0. The van der Waals surface area contributed by atoms with Crippen molar-refractivity contribution in [2.24, 2.45) is 0 Å². The Morgan fingerprint density at radius 1 is 1.11 bits per heavy atom. The molecule has 0 saturated carbocycles. The van der Waals surface area contributed by atoms with Gasteiger partial charge in [-0.3, -0.25) is 14.7 Å². The van der Waals surface area contributed by atoms with Crippen molar-refractivity contribution < 1.29 is 14.3 Å². The molecule has 2 amide bonds. The second-order valence-corrected chi connectivity index (χ2v) is 6.79. The molecule has 0 radical (unpaired) electrons. The minimum Gasteiger partial charge on any atom is -0.447 e. The lowest BCUT2D eigenvalue weighted by Gasteiger charge is -2.28. The van der Waals surface area contributed by atoms with Gasteiger partial charge in [-0.25, -0.2) is 4.79 Å². The molecule has 0 aliphatic carbocycles. The predicted octanol–water partition coefficient (Wildman–Crippen LogP) is 3.67. The Morgan fingerprint density at radius 2 is 2.04 bits per heavy atom. The lowest BCUT2D eigenvalue weighted by Crippen LogP contribution is -2.26. The van der Waals surface area contributed by atoms with Gasteiger partial charge in [-0.1, -0.05) is 24.3 Å². The van der Waals surface area contributed by atoms with Crippen molar-refractivity contribution in [3.8, 4) is 0 Å². The number of benzene rings is 2. The van der Waals surface area contributed by atoms with Gasteiger partial charge in [0.1, 0.15) is 6.61 Å². The van der Waals surface area contributed by atoms with E-state index in [9.17, 15) is 9.59 Å². The molecule has 1 atom stereocenters. The third-order valence-corrected chi connectivity index (χ3v) is 5.24. The molecule has 134 valence electrons. The Bertz CT molecular complexity index is 1070. The Labute approximate surface area is 155 Å². The highest BCUT2D eigenvalue weighted by Crippen LogP contribution is 2.41. The van der Waals surface area contributed by atoms with Gasteiger partial charge in [0.05, 0.1) is 6.54 Å². The number of carbonyl (C=O) groups excluding carboxylic acids is 2. The van der Waals surface area contributed by atoms with Gasteiger partial charge in [-0.15, -0.1) is 0 Å². The molecule has 1 aromatic heterocycles. The Hall–Kier alpha value is -3.41. The van der Waals surface area contributed by atoms with Crippen molar-refractivity contribution in [1.29, 1.82) is 0 Å². The second kappa shape index (κ2) is 6.09. The summed E-state index contributed by atoms with van der Waals surface area (Å²) in [6.45, 7) is 0.903. The standard InChI is InChI=1S/C21H17N3O3/c25-20-11-18(16-3-1-2-13-12-22-7-6-15(13)16)17-5-4-14(10-19(17)23-20)24-8-9-27-21(24)26/h1-7,10,12,18H,8-9,11H2,(H,23,25)/t18-/m1/s1. The fourth-order valence-corrected chi connectivity index (χ4v) is 3.98. The van der Waals surface area contributed by atoms with Crippen LogP contribution >= 0.6 is 0 Å². The van der Waals surface area contributed by atoms with Crippen LogP contribution in [0, 0.1) is 0 Å². The van der Waals surface area contributed by atoms with Crippen LogP contribution < -0.4 is 10.2 Å². The van der Waals surface area contributed by atoms with Crippen LogP contribution in [0.15, 0.2) is 54.9 Å². The molecular formula is C21H17N3O3. The van der Waals surface area contributed by atoms with E-state index < -0.39 is 0 Å². The summed E-state index contributed by atoms with van der Waals surface area (Å²) in [7, 11) is 0. The van der Waals surface area contributed by atoms with Crippen molar-refractivity contribution in [1.82, 2.24) is 4.98 Å². The Morgan fingerprint density at radius 3 is 2.89 bits per heavy atom. The van der Waals surface area contributed by atoms with E-state index in [4.69, 9.17) is 4.74 Å². The highest BCUT2D eigenvalue weighted by molar-refractivity contribution is 5.98. The minimum absolute atomic E-state index is 0.0280. The van der Waals surface area contributed by atoms with E-state index in [-0.39, 0.29) is 17.9 Å². The first-order valence-electron chi connectivity index (χ1n) is 8.91. The van der Waals surface area contributed by atoms with Crippen LogP contribution in [-0.2, 0) is 9.53 Å². The number of nitrogens with one attached hydrogen (secondary N) is 1. The second-order valence-electron chi connectivity index (χ2n) is 6.79. The number of rotatable bonds is 2. The minimum atomic E-state index is -0.352. The van der Waals surface area contributed by atoms with Crippen LogP contribution in [0.25, 0.3) is 10.8 Å². The summed E-state index contributed by atoms with van der Waals surface area (Å²) < 4.78 is 5.02. The van der Waals surface area contributed by atoms with E-state index in [2.05, 4.69) is 16.4 Å². The zero-order chi connectivity index (χ0) is 18.4. The normalized spacial score (nSPS) is 19.0. The number of anilines is 2. The average molecular weight is 359 g/mol. The van der Waals surface area contributed by atoms with Gasteiger partial charge in [0.15, 0.2) is 0 Å². The molecule has 3 aromatic rings. The summed E-state index contributed by atoms with van der Waals surface area (Å²) in [6, 6.07) is 13.9. The van der Waals surface area contributed by atoms with Crippen molar-refractivity contribution >= 4 is 34.1 Å². The topological polar surface area (TPSA) is 71.5 Å². The van der Waals surface area contributed by atoms with Crippen molar-refractivity contribution in [3.63, 3.8) is 0 Å². The summed E-state index contributed by atoms with van der Waals surface area (Å²) in [4.78, 5) is 30.0. The summed E-state index contributed by atoms with van der Waals surface area (Å²) in [5.41, 5.74) is 3.65. The highest BCUT2D eigenvalue weighted by Gasteiger charge is 2.30. The SMILES string of the molecule is O=C1C[C@H](c2cccc3cnccc23)c2ccc(N3CCOC3=O)cc2N1. The lowest BCUT2D eigenvalue weighted by atomic mass is 9.82. The van der Waals surface area contributed by atoms with Crippen LogP contribution in [0.3, 0.4) is 0 Å². The smallest absolute Gasteiger partial charge is 0.414 e. The van der Waals surface area contributed by atoms with Crippen molar-refractivity contribution in [2.45, 2.75) is 12.3 Å². The van der Waals surface area contributed by atoms with E-state index >= 15 is 0 Å². The van der Waals surface area contributed by atoms with Gasteiger partial charge in [-0.05, 0) is 34.7 Å². The number of ether oxygens (including phenoxy) is 1. The predicted molar refractivity (Wildman–Crippen MR) is 102 cm³/mol. The monoisotopic (exact) mass is 359 g/mol. The number of aromatic nitrogens is 1.